The predicted octanol–water partition coefficient (Wildman–Crippen LogP) is 1.89. The minimum Gasteiger partial charge on any atom is -0.353 e. The number of likely N-dealkylation sites (tertiary alicyclic amines) is 1. The van der Waals surface area contributed by atoms with Gasteiger partial charge >= 0.3 is 0 Å². The molecule has 0 radical (unpaired) electrons. The van der Waals surface area contributed by atoms with Crippen molar-refractivity contribution in [3.05, 3.63) is 17.0 Å². The normalized spacial score (nSPS) is 21.1. The molecule has 2 N–H and O–H groups in total. The number of aromatic nitrogens is 2. The number of rotatable bonds is 5. The van der Waals surface area contributed by atoms with Crippen LogP contribution in [0.2, 0.25) is 0 Å². The summed E-state index contributed by atoms with van der Waals surface area (Å²) in [7, 11) is 0. The van der Waals surface area contributed by atoms with Gasteiger partial charge in [0.25, 0.3) is 5.91 Å². The van der Waals surface area contributed by atoms with Crippen LogP contribution in [0, 0.1) is 5.92 Å². The Labute approximate surface area is 173 Å². The molecule has 0 spiro atoms. The molecule has 2 fully saturated rings. The van der Waals surface area contributed by atoms with E-state index in [0.717, 1.165) is 64.1 Å². The number of hydrogen-bond acceptors (Lipinski definition) is 4. The first-order chi connectivity index (χ1) is 14.1. The molecule has 160 valence electrons. The lowest BCUT2D eigenvalue weighted by Crippen LogP contribution is -2.46. The highest BCUT2D eigenvalue weighted by Gasteiger charge is 2.30. The Morgan fingerprint density at radius 3 is 2.55 bits per heavy atom. The van der Waals surface area contributed by atoms with Gasteiger partial charge in [0.05, 0.1) is 0 Å². The number of nitrogens with one attached hydrogen (secondary N) is 2. The van der Waals surface area contributed by atoms with E-state index in [4.69, 9.17) is 5.10 Å². The van der Waals surface area contributed by atoms with Crippen LogP contribution < -0.4 is 10.6 Å². The average molecular weight is 402 g/mol. The number of carbonyl (C=O) groups is 2. The monoisotopic (exact) mass is 401 g/mol. The maximum atomic E-state index is 13.3. The van der Waals surface area contributed by atoms with E-state index < -0.39 is 0 Å². The summed E-state index contributed by atoms with van der Waals surface area (Å²) < 4.78 is 2.16. The lowest BCUT2D eigenvalue weighted by Gasteiger charge is -2.32. The molecule has 7 nitrogen and oxygen atoms in total. The van der Waals surface area contributed by atoms with E-state index in [9.17, 15) is 9.59 Å². The summed E-state index contributed by atoms with van der Waals surface area (Å²) in [6.45, 7) is 6.13. The number of hydrogen-bond donors (Lipinski definition) is 2. The van der Waals surface area contributed by atoms with Gasteiger partial charge in [-0.3, -0.25) is 14.3 Å². The molecule has 2 saturated heterocycles. The van der Waals surface area contributed by atoms with Gasteiger partial charge in [-0.2, -0.15) is 5.10 Å². The molecule has 1 aromatic heterocycles. The third kappa shape index (κ3) is 4.82. The number of nitrogens with zero attached hydrogens (tertiary/aromatic N) is 3. The van der Waals surface area contributed by atoms with Crippen molar-refractivity contribution in [2.24, 2.45) is 5.92 Å². The van der Waals surface area contributed by atoms with Crippen LogP contribution >= 0.6 is 0 Å². The number of piperidine rings is 2. The van der Waals surface area contributed by atoms with E-state index in [-0.39, 0.29) is 17.9 Å². The van der Waals surface area contributed by atoms with Crippen LogP contribution in [0.3, 0.4) is 0 Å². The molecule has 4 rings (SSSR count). The molecule has 0 atom stereocenters. The van der Waals surface area contributed by atoms with Crippen molar-refractivity contribution in [3.63, 3.8) is 0 Å². The predicted molar refractivity (Wildman–Crippen MR) is 112 cm³/mol. The SMILES string of the molecule is CC(=O)NC1CCN(C(=O)c2nn(CCC3CCNCC3)c3c2CCCC3)CC1. The van der Waals surface area contributed by atoms with Crippen molar-refractivity contribution < 1.29 is 9.59 Å². The van der Waals surface area contributed by atoms with Gasteiger partial charge in [0, 0.05) is 43.9 Å². The van der Waals surface area contributed by atoms with E-state index in [1.165, 1.54) is 30.5 Å². The second-order valence-electron chi connectivity index (χ2n) is 8.95. The van der Waals surface area contributed by atoms with Gasteiger partial charge in [-0.25, -0.2) is 0 Å². The van der Waals surface area contributed by atoms with Crippen LogP contribution in [-0.4, -0.2) is 58.7 Å². The molecule has 7 heteroatoms. The molecule has 2 aliphatic heterocycles. The maximum absolute atomic E-state index is 13.3. The summed E-state index contributed by atoms with van der Waals surface area (Å²) >= 11 is 0. The highest BCUT2D eigenvalue weighted by Crippen LogP contribution is 2.27. The van der Waals surface area contributed by atoms with Crippen LogP contribution in [0.25, 0.3) is 0 Å². The summed E-state index contributed by atoms with van der Waals surface area (Å²) in [5.74, 6) is 0.869. The molecule has 3 heterocycles. The summed E-state index contributed by atoms with van der Waals surface area (Å²) in [6.07, 6.45) is 9.68. The van der Waals surface area contributed by atoms with E-state index in [1.54, 1.807) is 6.92 Å². The zero-order valence-corrected chi connectivity index (χ0v) is 17.7. The van der Waals surface area contributed by atoms with Gasteiger partial charge in [-0.15, -0.1) is 0 Å². The van der Waals surface area contributed by atoms with Gasteiger partial charge in [0.15, 0.2) is 5.69 Å². The van der Waals surface area contributed by atoms with Crippen LogP contribution in [0.15, 0.2) is 0 Å². The number of amides is 2. The first kappa shape index (κ1) is 20.4. The molecular formula is C22H35N5O2. The molecular weight excluding hydrogens is 366 g/mol. The maximum Gasteiger partial charge on any atom is 0.274 e. The lowest BCUT2D eigenvalue weighted by molar-refractivity contribution is -0.119. The highest BCUT2D eigenvalue weighted by molar-refractivity contribution is 5.94. The fraction of sp³-hybridized carbons (Fsp3) is 0.773. The van der Waals surface area contributed by atoms with Crippen molar-refractivity contribution in [1.29, 1.82) is 0 Å². The van der Waals surface area contributed by atoms with Crippen molar-refractivity contribution in [2.75, 3.05) is 26.2 Å². The average Bonchev–Trinajstić information content (AvgIpc) is 3.11. The number of aryl methyl sites for hydroxylation is 1. The minimum absolute atomic E-state index is 0.0105. The largest absolute Gasteiger partial charge is 0.353 e. The zero-order valence-electron chi connectivity index (χ0n) is 17.7. The van der Waals surface area contributed by atoms with Crippen molar-refractivity contribution in [2.45, 2.75) is 77.3 Å². The first-order valence-corrected chi connectivity index (χ1v) is 11.5. The van der Waals surface area contributed by atoms with Crippen LogP contribution in [0.1, 0.15) is 73.6 Å². The summed E-state index contributed by atoms with van der Waals surface area (Å²) in [5, 5.41) is 11.3. The quantitative estimate of drug-likeness (QED) is 0.790. The molecule has 0 aromatic carbocycles. The molecule has 0 saturated carbocycles. The minimum atomic E-state index is 0.0105. The van der Waals surface area contributed by atoms with Crippen molar-refractivity contribution in [1.82, 2.24) is 25.3 Å². The fourth-order valence-electron chi connectivity index (χ4n) is 5.17. The molecule has 29 heavy (non-hydrogen) atoms. The lowest BCUT2D eigenvalue weighted by atomic mass is 9.93. The van der Waals surface area contributed by atoms with Crippen LogP contribution in [-0.2, 0) is 24.2 Å². The molecule has 3 aliphatic rings. The molecule has 0 bridgehead atoms. The third-order valence-electron chi connectivity index (χ3n) is 6.86. The van der Waals surface area contributed by atoms with E-state index in [2.05, 4.69) is 15.3 Å². The van der Waals surface area contributed by atoms with Gasteiger partial charge in [-0.05, 0) is 76.8 Å². The molecule has 1 aromatic rings. The molecule has 2 amide bonds. The van der Waals surface area contributed by atoms with Gasteiger partial charge < -0.3 is 15.5 Å². The van der Waals surface area contributed by atoms with Gasteiger partial charge in [-0.1, -0.05) is 0 Å². The molecule has 1 aliphatic carbocycles. The van der Waals surface area contributed by atoms with Gasteiger partial charge in [0.1, 0.15) is 0 Å². The zero-order chi connectivity index (χ0) is 20.2. The fourth-order valence-corrected chi connectivity index (χ4v) is 5.17. The Kier molecular flexibility index (Phi) is 6.53. The second kappa shape index (κ2) is 9.28. The number of fused-ring (bicyclic) bond motifs is 1. The van der Waals surface area contributed by atoms with E-state index in [0.29, 0.717) is 18.8 Å². The Bertz CT molecular complexity index is 730. The number of carbonyl (C=O) groups excluding carboxylic acids is 2. The summed E-state index contributed by atoms with van der Waals surface area (Å²) in [5.41, 5.74) is 3.21. The van der Waals surface area contributed by atoms with Crippen molar-refractivity contribution in [3.8, 4) is 0 Å². The Balaban J connectivity index is 1.43. The smallest absolute Gasteiger partial charge is 0.274 e. The Morgan fingerprint density at radius 1 is 1.10 bits per heavy atom. The third-order valence-corrected chi connectivity index (χ3v) is 6.86. The van der Waals surface area contributed by atoms with Crippen LogP contribution in [0.4, 0.5) is 0 Å². The Hall–Kier alpha value is -1.89. The van der Waals surface area contributed by atoms with Crippen LogP contribution in [0.5, 0.6) is 0 Å². The Morgan fingerprint density at radius 2 is 1.83 bits per heavy atom. The molecule has 0 unspecified atom stereocenters. The summed E-state index contributed by atoms with van der Waals surface area (Å²) in [6, 6.07) is 0.188. The first-order valence-electron chi connectivity index (χ1n) is 11.5. The van der Waals surface area contributed by atoms with Gasteiger partial charge in [0.2, 0.25) is 5.91 Å². The van der Waals surface area contributed by atoms with Crippen molar-refractivity contribution >= 4 is 11.8 Å². The standard InChI is InChI=1S/C22H35N5O2/c1-16(28)24-18-9-13-26(14-10-18)22(29)21-19-4-2-3-5-20(19)27(25-21)15-8-17-6-11-23-12-7-17/h17-18,23H,2-15H2,1H3,(H,24,28). The topological polar surface area (TPSA) is 79.3 Å². The highest BCUT2D eigenvalue weighted by atomic mass is 16.2. The summed E-state index contributed by atoms with van der Waals surface area (Å²) in [4.78, 5) is 26.5. The van der Waals surface area contributed by atoms with E-state index in [1.807, 2.05) is 4.90 Å². The second-order valence-corrected chi connectivity index (χ2v) is 8.95. The van der Waals surface area contributed by atoms with E-state index >= 15 is 0 Å².